The largest absolute Gasteiger partial charge is 0.340 e. The molecule has 2 aliphatic rings. The Balaban J connectivity index is 1.48. The van der Waals surface area contributed by atoms with Crippen molar-refractivity contribution in [3.8, 4) is 0 Å². The second-order valence-corrected chi connectivity index (χ2v) is 7.93. The molecule has 28 heavy (non-hydrogen) atoms. The molecule has 6 nitrogen and oxygen atoms in total. The Hall–Kier alpha value is -2.73. The molecule has 3 aromatic rings. The molecule has 0 bridgehead atoms. The lowest BCUT2D eigenvalue weighted by atomic mass is 10.1. The summed E-state index contributed by atoms with van der Waals surface area (Å²) in [5.41, 5.74) is 5.32. The van der Waals surface area contributed by atoms with Crippen LogP contribution in [0.4, 0.5) is 0 Å². The van der Waals surface area contributed by atoms with Crippen LogP contribution in [0.1, 0.15) is 52.0 Å². The van der Waals surface area contributed by atoms with E-state index in [2.05, 4.69) is 35.4 Å². The minimum Gasteiger partial charge on any atom is -0.340 e. The van der Waals surface area contributed by atoms with Gasteiger partial charge in [-0.3, -0.25) is 4.79 Å². The first-order chi connectivity index (χ1) is 13.6. The number of benzene rings is 1. The summed E-state index contributed by atoms with van der Waals surface area (Å²) < 4.78 is 2.01. The molecule has 0 spiro atoms. The predicted octanol–water partition coefficient (Wildman–Crippen LogP) is 2.90. The van der Waals surface area contributed by atoms with Crippen LogP contribution in [-0.2, 0) is 20.0 Å². The minimum absolute atomic E-state index is 0.0348. The van der Waals surface area contributed by atoms with Crippen molar-refractivity contribution in [3.63, 3.8) is 0 Å². The third-order valence-corrected chi connectivity index (χ3v) is 6.06. The first-order valence-corrected chi connectivity index (χ1v) is 10.0. The highest BCUT2D eigenvalue weighted by molar-refractivity contribution is 5.99. The molecular weight excluding hydrogens is 350 g/mol. The number of carbonyl (C=O) groups excluding carboxylic acids is 1. The molecule has 1 saturated heterocycles. The van der Waals surface area contributed by atoms with Crippen LogP contribution in [0, 0.1) is 6.92 Å². The van der Waals surface area contributed by atoms with Crippen molar-refractivity contribution in [1.82, 2.24) is 24.8 Å². The van der Waals surface area contributed by atoms with Crippen LogP contribution in [-0.4, -0.2) is 38.4 Å². The molecule has 0 aliphatic carbocycles. The van der Waals surface area contributed by atoms with Crippen LogP contribution in [0.2, 0.25) is 0 Å². The van der Waals surface area contributed by atoms with Crippen LogP contribution in [0.25, 0.3) is 10.9 Å². The summed E-state index contributed by atoms with van der Waals surface area (Å²) in [7, 11) is 1.97. The van der Waals surface area contributed by atoms with Gasteiger partial charge in [-0.05, 0) is 38.0 Å². The number of amides is 1. The standard InChI is InChI=1S/C22H25N5O/c1-14-5-6-18-15(10-14)11-20(26(18)2)22(28)27-9-3-4-19(27)21-24-13-16-12-23-8-7-17(16)25-21/h5-6,10-11,13,19,23H,3-4,7-9,12H2,1-2H3. The maximum Gasteiger partial charge on any atom is 0.271 e. The van der Waals surface area contributed by atoms with E-state index >= 15 is 0 Å². The van der Waals surface area contributed by atoms with Gasteiger partial charge in [-0.25, -0.2) is 9.97 Å². The molecule has 0 radical (unpaired) electrons. The van der Waals surface area contributed by atoms with Crippen LogP contribution in [0.15, 0.2) is 30.5 Å². The zero-order chi connectivity index (χ0) is 19.3. The summed E-state index contributed by atoms with van der Waals surface area (Å²) in [6.07, 6.45) is 4.77. The highest BCUT2D eigenvalue weighted by Gasteiger charge is 2.34. The van der Waals surface area contributed by atoms with E-state index in [1.807, 2.05) is 28.8 Å². The van der Waals surface area contributed by atoms with Gasteiger partial charge in [0, 0.05) is 61.5 Å². The summed E-state index contributed by atoms with van der Waals surface area (Å²) in [6.45, 7) is 4.61. The number of carbonyl (C=O) groups is 1. The fourth-order valence-electron chi connectivity index (χ4n) is 4.51. The number of likely N-dealkylation sites (tertiary alicyclic amines) is 1. The van der Waals surface area contributed by atoms with Gasteiger partial charge >= 0.3 is 0 Å². The Morgan fingerprint density at radius 2 is 2.18 bits per heavy atom. The Morgan fingerprint density at radius 1 is 1.29 bits per heavy atom. The molecular formula is C22H25N5O. The van der Waals surface area contributed by atoms with Crippen molar-refractivity contribution >= 4 is 16.8 Å². The van der Waals surface area contributed by atoms with Crippen LogP contribution in [0.3, 0.4) is 0 Å². The van der Waals surface area contributed by atoms with Crippen molar-refractivity contribution in [1.29, 1.82) is 0 Å². The molecule has 1 fully saturated rings. The van der Waals surface area contributed by atoms with E-state index in [1.54, 1.807) is 0 Å². The number of aromatic nitrogens is 3. The second-order valence-electron chi connectivity index (χ2n) is 7.93. The summed E-state index contributed by atoms with van der Waals surface area (Å²) >= 11 is 0. The highest BCUT2D eigenvalue weighted by atomic mass is 16.2. The Kier molecular flexibility index (Phi) is 4.16. The van der Waals surface area contributed by atoms with E-state index in [4.69, 9.17) is 4.98 Å². The van der Waals surface area contributed by atoms with Gasteiger partial charge in [0.25, 0.3) is 5.91 Å². The molecule has 0 saturated carbocycles. The maximum absolute atomic E-state index is 13.4. The third kappa shape index (κ3) is 2.79. The van der Waals surface area contributed by atoms with Crippen molar-refractivity contribution in [2.75, 3.05) is 13.1 Å². The molecule has 1 unspecified atom stereocenters. The number of hydrogen-bond donors (Lipinski definition) is 1. The number of aryl methyl sites for hydroxylation is 2. The number of rotatable bonds is 2. The van der Waals surface area contributed by atoms with Crippen LogP contribution in [0.5, 0.6) is 0 Å². The van der Waals surface area contributed by atoms with E-state index in [0.29, 0.717) is 0 Å². The van der Waals surface area contributed by atoms with E-state index in [1.165, 1.54) is 11.1 Å². The fraction of sp³-hybridized carbons (Fsp3) is 0.409. The van der Waals surface area contributed by atoms with Crippen molar-refractivity contribution < 1.29 is 4.79 Å². The molecule has 144 valence electrons. The van der Waals surface area contributed by atoms with Gasteiger partial charge in [-0.1, -0.05) is 11.6 Å². The van der Waals surface area contributed by atoms with Gasteiger partial charge in [-0.2, -0.15) is 0 Å². The van der Waals surface area contributed by atoms with Crippen molar-refractivity contribution in [3.05, 3.63) is 58.8 Å². The maximum atomic E-state index is 13.4. The van der Waals surface area contributed by atoms with E-state index in [-0.39, 0.29) is 11.9 Å². The van der Waals surface area contributed by atoms with Gasteiger partial charge in [0.15, 0.2) is 5.82 Å². The van der Waals surface area contributed by atoms with Crippen LogP contribution < -0.4 is 5.32 Å². The average Bonchev–Trinajstić information content (AvgIpc) is 3.32. The molecule has 1 amide bonds. The molecule has 5 rings (SSSR count). The average molecular weight is 375 g/mol. The van der Waals surface area contributed by atoms with Gasteiger partial charge < -0.3 is 14.8 Å². The fourth-order valence-corrected chi connectivity index (χ4v) is 4.51. The van der Waals surface area contributed by atoms with Crippen molar-refractivity contribution in [2.45, 2.75) is 38.8 Å². The first kappa shape index (κ1) is 17.4. The molecule has 4 heterocycles. The summed E-state index contributed by atoms with van der Waals surface area (Å²) in [5.74, 6) is 0.864. The smallest absolute Gasteiger partial charge is 0.271 e. The Bertz CT molecular complexity index is 1070. The van der Waals surface area contributed by atoms with Crippen molar-refractivity contribution in [2.24, 2.45) is 7.05 Å². The van der Waals surface area contributed by atoms with Gasteiger partial charge in [0.1, 0.15) is 5.69 Å². The topological polar surface area (TPSA) is 63.1 Å². The normalized spacial score (nSPS) is 19.2. The molecule has 1 N–H and O–H groups in total. The quantitative estimate of drug-likeness (QED) is 0.748. The third-order valence-electron chi connectivity index (χ3n) is 6.06. The van der Waals surface area contributed by atoms with E-state index in [9.17, 15) is 4.79 Å². The zero-order valence-electron chi connectivity index (χ0n) is 16.4. The monoisotopic (exact) mass is 375 g/mol. The van der Waals surface area contributed by atoms with Gasteiger partial charge in [-0.15, -0.1) is 0 Å². The zero-order valence-corrected chi connectivity index (χ0v) is 16.4. The Morgan fingerprint density at radius 3 is 3.07 bits per heavy atom. The summed E-state index contributed by atoms with van der Waals surface area (Å²) in [4.78, 5) is 24.9. The summed E-state index contributed by atoms with van der Waals surface area (Å²) in [5, 5.41) is 4.46. The lowest BCUT2D eigenvalue weighted by Crippen LogP contribution is -2.33. The molecule has 2 aliphatic heterocycles. The Labute approximate surface area is 164 Å². The van der Waals surface area contributed by atoms with E-state index in [0.717, 1.165) is 67.0 Å². The lowest BCUT2D eigenvalue weighted by Gasteiger charge is -2.25. The first-order valence-electron chi connectivity index (χ1n) is 10.0. The predicted molar refractivity (Wildman–Crippen MR) is 108 cm³/mol. The molecule has 6 heteroatoms. The second kappa shape index (κ2) is 6.71. The number of nitrogens with zero attached hydrogens (tertiary/aromatic N) is 4. The van der Waals surface area contributed by atoms with Gasteiger partial charge in [0.2, 0.25) is 0 Å². The number of nitrogens with one attached hydrogen (secondary N) is 1. The minimum atomic E-state index is -0.0348. The van der Waals surface area contributed by atoms with E-state index < -0.39 is 0 Å². The SMILES string of the molecule is Cc1ccc2c(c1)cc(C(=O)N1CCCC1c1ncc3c(n1)CCNC3)n2C. The van der Waals surface area contributed by atoms with Crippen LogP contribution >= 0.6 is 0 Å². The number of hydrogen-bond acceptors (Lipinski definition) is 4. The molecule has 1 aromatic carbocycles. The molecule has 1 atom stereocenters. The number of fused-ring (bicyclic) bond motifs is 2. The van der Waals surface area contributed by atoms with Gasteiger partial charge in [0.05, 0.1) is 6.04 Å². The summed E-state index contributed by atoms with van der Waals surface area (Å²) in [6, 6.07) is 8.29. The highest BCUT2D eigenvalue weighted by Crippen LogP contribution is 2.33. The molecule has 2 aromatic heterocycles. The lowest BCUT2D eigenvalue weighted by molar-refractivity contribution is 0.0720.